The number of nitrogens with zero attached hydrogens (tertiary/aromatic N) is 2. The van der Waals surface area contributed by atoms with Crippen molar-refractivity contribution < 1.29 is 4.39 Å². The van der Waals surface area contributed by atoms with Gasteiger partial charge in [0.2, 0.25) is 0 Å². The van der Waals surface area contributed by atoms with Crippen LogP contribution in [0.4, 0.5) is 21.6 Å². The summed E-state index contributed by atoms with van der Waals surface area (Å²) < 4.78 is 13.5. The van der Waals surface area contributed by atoms with Crippen molar-refractivity contribution in [3.63, 3.8) is 0 Å². The first-order chi connectivity index (χ1) is 7.68. The van der Waals surface area contributed by atoms with E-state index in [4.69, 9.17) is 5.73 Å². The zero-order chi connectivity index (χ0) is 11.5. The third-order valence-electron chi connectivity index (χ3n) is 2.33. The molecule has 0 aliphatic heterocycles. The highest BCUT2D eigenvalue weighted by Crippen LogP contribution is 2.24. The Morgan fingerprint density at radius 2 is 1.94 bits per heavy atom. The summed E-state index contributed by atoms with van der Waals surface area (Å²) in [5.74, 6) is 0.378. The summed E-state index contributed by atoms with van der Waals surface area (Å²) in [6, 6.07) is 10.0. The lowest BCUT2D eigenvalue weighted by Crippen LogP contribution is -2.12. The number of halogens is 1. The second-order valence-electron chi connectivity index (χ2n) is 3.46. The maximum absolute atomic E-state index is 13.5. The Labute approximate surface area is 93.3 Å². The lowest BCUT2D eigenvalue weighted by Gasteiger charge is -2.18. The number of aromatic nitrogens is 1. The van der Waals surface area contributed by atoms with Crippen LogP contribution >= 0.6 is 0 Å². The summed E-state index contributed by atoms with van der Waals surface area (Å²) >= 11 is 0. The Kier molecular flexibility index (Phi) is 2.72. The summed E-state index contributed by atoms with van der Waals surface area (Å²) in [4.78, 5) is 5.81. The Morgan fingerprint density at radius 1 is 1.19 bits per heavy atom. The van der Waals surface area contributed by atoms with Crippen molar-refractivity contribution in [3.8, 4) is 0 Å². The van der Waals surface area contributed by atoms with Crippen LogP contribution in [0.25, 0.3) is 0 Å². The fraction of sp³-hybridized carbons (Fsp3) is 0.0833. The molecule has 0 spiro atoms. The number of anilines is 3. The molecular weight excluding hydrogens is 205 g/mol. The van der Waals surface area contributed by atoms with Crippen LogP contribution in [0.15, 0.2) is 42.6 Å². The van der Waals surface area contributed by atoms with Gasteiger partial charge in [0, 0.05) is 7.05 Å². The molecule has 16 heavy (non-hydrogen) atoms. The van der Waals surface area contributed by atoms with Crippen molar-refractivity contribution in [3.05, 3.63) is 48.4 Å². The van der Waals surface area contributed by atoms with E-state index >= 15 is 0 Å². The second kappa shape index (κ2) is 4.18. The summed E-state index contributed by atoms with van der Waals surface area (Å²) in [5, 5.41) is 0. The van der Waals surface area contributed by atoms with Crippen molar-refractivity contribution >= 4 is 17.2 Å². The highest BCUT2D eigenvalue weighted by atomic mass is 19.1. The smallest absolute Gasteiger partial charge is 0.146 e. The van der Waals surface area contributed by atoms with E-state index in [9.17, 15) is 4.39 Å². The second-order valence-corrected chi connectivity index (χ2v) is 3.46. The van der Waals surface area contributed by atoms with Crippen molar-refractivity contribution in [2.45, 2.75) is 0 Å². The van der Waals surface area contributed by atoms with E-state index < -0.39 is 0 Å². The van der Waals surface area contributed by atoms with E-state index in [0.29, 0.717) is 17.2 Å². The van der Waals surface area contributed by atoms with Crippen LogP contribution in [-0.2, 0) is 0 Å². The topological polar surface area (TPSA) is 42.1 Å². The average molecular weight is 217 g/mol. The molecular formula is C12H12FN3. The number of pyridine rings is 1. The van der Waals surface area contributed by atoms with E-state index in [1.165, 1.54) is 6.07 Å². The van der Waals surface area contributed by atoms with E-state index in [0.717, 1.165) is 0 Å². The molecule has 2 N–H and O–H groups in total. The van der Waals surface area contributed by atoms with Gasteiger partial charge in [0.15, 0.2) is 0 Å². The molecule has 0 radical (unpaired) electrons. The molecule has 1 aromatic carbocycles. The third-order valence-corrected chi connectivity index (χ3v) is 2.33. The molecule has 0 bridgehead atoms. The molecule has 0 aliphatic rings. The zero-order valence-electron chi connectivity index (χ0n) is 8.89. The Bertz CT molecular complexity index is 482. The molecule has 0 unspecified atom stereocenters. The molecule has 2 aromatic rings. The Hall–Kier alpha value is -2.10. The highest BCUT2D eigenvalue weighted by Gasteiger charge is 2.08. The van der Waals surface area contributed by atoms with Crippen molar-refractivity contribution in [1.82, 2.24) is 4.98 Å². The molecule has 0 fully saturated rings. The lowest BCUT2D eigenvalue weighted by molar-refractivity contribution is 0.627. The van der Waals surface area contributed by atoms with Gasteiger partial charge < -0.3 is 10.6 Å². The van der Waals surface area contributed by atoms with Gasteiger partial charge in [0.05, 0.1) is 17.6 Å². The number of para-hydroxylation sites is 1. The van der Waals surface area contributed by atoms with Gasteiger partial charge in [0.1, 0.15) is 11.6 Å². The molecule has 1 heterocycles. The standard InChI is InChI=1S/C12H12FN3/c1-16(11-5-3-2-4-10(11)13)12-7-6-9(14)8-15-12/h2-8H,14H2,1H3. The normalized spacial score (nSPS) is 10.1. The number of nitrogen functional groups attached to an aromatic ring is 1. The minimum atomic E-state index is -0.274. The summed E-state index contributed by atoms with van der Waals surface area (Å²) in [5.41, 5.74) is 6.61. The van der Waals surface area contributed by atoms with Gasteiger partial charge in [-0.15, -0.1) is 0 Å². The molecule has 0 aliphatic carbocycles. The van der Waals surface area contributed by atoms with Crippen LogP contribution in [0, 0.1) is 5.82 Å². The van der Waals surface area contributed by atoms with Gasteiger partial charge in [0.25, 0.3) is 0 Å². The maximum Gasteiger partial charge on any atom is 0.146 e. The molecule has 0 amide bonds. The molecule has 4 heteroatoms. The van der Waals surface area contributed by atoms with Crippen LogP contribution in [0.1, 0.15) is 0 Å². The molecule has 2 rings (SSSR count). The Morgan fingerprint density at radius 3 is 2.56 bits per heavy atom. The van der Waals surface area contributed by atoms with Gasteiger partial charge in [-0.25, -0.2) is 9.37 Å². The SMILES string of the molecule is CN(c1ccc(N)cn1)c1ccccc1F. The Balaban J connectivity index is 2.35. The number of rotatable bonds is 2. The largest absolute Gasteiger partial charge is 0.397 e. The van der Waals surface area contributed by atoms with Crippen molar-refractivity contribution in [1.29, 1.82) is 0 Å². The average Bonchev–Trinajstić information content (AvgIpc) is 2.30. The minimum absolute atomic E-state index is 0.274. The molecule has 1 aromatic heterocycles. The number of nitrogens with two attached hydrogens (primary N) is 1. The summed E-state index contributed by atoms with van der Waals surface area (Å²) in [7, 11) is 1.76. The molecule has 0 saturated heterocycles. The number of hydrogen-bond acceptors (Lipinski definition) is 3. The summed E-state index contributed by atoms with van der Waals surface area (Å²) in [6.45, 7) is 0. The fourth-order valence-electron chi connectivity index (χ4n) is 1.44. The van der Waals surface area contributed by atoms with Gasteiger partial charge in [-0.3, -0.25) is 0 Å². The fourth-order valence-corrected chi connectivity index (χ4v) is 1.44. The predicted molar refractivity (Wildman–Crippen MR) is 63.1 cm³/mol. The van der Waals surface area contributed by atoms with Crippen LogP contribution < -0.4 is 10.6 Å². The number of hydrogen-bond donors (Lipinski definition) is 1. The lowest BCUT2D eigenvalue weighted by atomic mass is 10.3. The van der Waals surface area contributed by atoms with E-state index in [-0.39, 0.29) is 5.82 Å². The molecule has 0 atom stereocenters. The quantitative estimate of drug-likeness (QED) is 0.840. The first-order valence-electron chi connectivity index (χ1n) is 4.88. The number of benzene rings is 1. The minimum Gasteiger partial charge on any atom is -0.397 e. The van der Waals surface area contributed by atoms with Gasteiger partial charge in [-0.1, -0.05) is 12.1 Å². The third kappa shape index (κ3) is 1.95. The predicted octanol–water partition coefficient (Wildman–Crippen LogP) is 2.57. The van der Waals surface area contributed by atoms with Crippen LogP contribution in [-0.4, -0.2) is 12.0 Å². The molecule has 82 valence electrons. The van der Waals surface area contributed by atoms with Crippen LogP contribution in [0.3, 0.4) is 0 Å². The van der Waals surface area contributed by atoms with Crippen molar-refractivity contribution in [2.24, 2.45) is 0 Å². The van der Waals surface area contributed by atoms with Crippen LogP contribution in [0.2, 0.25) is 0 Å². The molecule has 0 saturated carbocycles. The van der Waals surface area contributed by atoms with Crippen LogP contribution in [0.5, 0.6) is 0 Å². The highest BCUT2D eigenvalue weighted by molar-refractivity contribution is 5.60. The van der Waals surface area contributed by atoms with E-state index in [1.54, 1.807) is 48.5 Å². The zero-order valence-corrected chi connectivity index (χ0v) is 8.89. The van der Waals surface area contributed by atoms with E-state index in [1.807, 2.05) is 0 Å². The van der Waals surface area contributed by atoms with Crippen molar-refractivity contribution in [2.75, 3.05) is 17.7 Å². The first-order valence-corrected chi connectivity index (χ1v) is 4.88. The van der Waals surface area contributed by atoms with Gasteiger partial charge in [-0.05, 0) is 24.3 Å². The van der Waals surface area contributed by atoms with E-state index in [2.05, 4.69) is 4.98 Å². The monoisotopic (exact) mass is 217 g/mol. The first kappa shape index (κ1) is 10.4. The maximum atomic E-state index is 13.5. The van der Waals surface area contributed by atoms with Gasteiger partial charge in [-0.2, -0.15) is 0 Å². The molecule has 3 nitrogen and oxygen atoms in total. The summed E-state index contributed by atoms with van der Waals surface area (Å²) in [6.07, 6.45) is 1.55. The van der Waals surface area contributed by atoms with Gasteiger partial charge >= 0.3 is 0 Å².